The molecule has 2 fully saturated rings. The normalized spacial score (nSPS) is 27.9. The summed E-state index contributed by atoms with van der Waals surface area (Å²) in [6.45, 7) is 4.44. The fraction of sp³-hybridized carbons (Fsp3) is 0.647. The molecule has 4 heteroatoms. The zero-order valence-electron chi connectivity index (χ0n) is 12.6. The van der Waals surface area contributed by atoms with Crippen molar-refractivity contribution in [2.75, 3.05) is 18.0 Å². The van der Waals surface area contributed by atoms with Crippen LogP contribution in [-0.2, 0) is 0 Å². The van der Waals surface area contributed by atoms with Crippen molar-refractivity contribution in [1.82, 2.24) is 5.32 Å². The van der Waals surface area contributed by atoms with E-state index in [0.717, 1.165) is 24.0 Å². The molecule has 2 atom stereocenters. The van der Waals surface area contributed by atoms with E-state index in [9.17, 15) is 0 Å². The molecule has 1 aromatic carbocycles. The quantitative estimate of drug-likeness (QED) is 0.701. The van der Waals surface area contributed by atoms with Crippen LogP contribution in [-0.4, -0.2) is 25.2 Å². The number of anilines is 1. The third kappa shape index (κ3) is 3.67. The van der Waals surface area contributed by atoms with E-state index in [-0.39, 0.29) is 0 Å². The lowest BCUT2D eigenvalue weighted by atomic mass is 9.82. The summed E-state index contributed by atoms with van der Waals surface area (Å²) in [5, 5.41) is 4.67. The van der Waals surface area contributed by atoms with E-state index in [0.29, 0.717) is 12.1 Å². The maximum absolute atomic E-state index is 6.49. The molecule has 0 spiro atoms. The minimum atomic E-state index is 0.502. The standard InChI is InChI=1S/C17H24ClIN2/c1-12-10-20-16(13-5-3-2-4-6-13)11-21(12)17-8-7-14(19)9-15(17)18/h7-9,12-13,16,20H,2-6,10-11H2,1H3. The third-order valence-corrected chi connectivity index (χ3v) is 6.01. The van der Waals surface area contributed by atoms with Crippen molar-refractivity contribution >= 4 is 39.9 Å². The first-order chi connectivity index (χ1) is 10.1. The van der Waals surface area contributed by atoms with Crippen molar-refractivity contribution in [3.63, 3.8) is 0 Å². The minimum Gasteiger partial charge on any atom is -0.365 e. The van der Waals surface area contributed by atoms with Gasteiger partial charge in [-0.1, -0.05) is 30.9 Å². The van der Waals surface area contributed by atoms with Crippen molar-refractivity contribution in [3.05, 3.63) is 26.8 Å². The van der Waals surface area contributed by atoms with E-state index in [4.69, 9.17) is 11.6 Å². The highest BCUT2D eigenvalue weighted by Gasteiger charge is 2.31. The van der Waals surface area contributed by atoms with Crippen LogP contribution in [0.25, 0.3) is 0 Å². The third-order valence-electron chi connectivity index (χ3n) is 5.04. The Labute approximate surface area is 146 Å². The summed E-state index contributed by atoms with van der Waals surface area (Å²) in [5.41, 5.74) is 1.20. The molecule has 21 heavy (non-hydrogen) atoms. The molecular formula is C17H24ClIN2. The van der Waals surface area contributed by atoms with E-state index in [1.54, 1.807) is 0 Å². The molecule has 0 bridgehead atoms. The van der Waals surface area contributed by atoms with Gasteiger partial charge in [0, 0.05) is 28.7 Å². The van der Waals surface area contributed by atoms with E-state index in [1.807, 2.05) is 0 Å². The number of benzene rings is 1. The number of rotatable bonds is 2. The van der Waals surface area contributed by atoms with Crippen molar-refractivity contribution < 1.29 is 0 Å². The predicted molar refractivity (Wildman–Crippen MR) is 99.3 cm³/mol. The molecule has 0 radical (unpaired) electrons. The summed E-state index contributed by atoms with van der Waals surface area (Å²) < 4.78 is 1.20. The van der Waals surface area contributed by atoms with Crippen molar-refractivity contribution in [1.29, 1.82) is 0 Å². The van der Waals surface area contributed by atoms with Crippen LogP contribution in [0.3, 0.4) is 0 Å². The Bertz CT molecular complexity index is 488. The van der Waals surface area contributed by atoms with Gasteiger partial charge in [0.15, 0.2) is 0 Å². The summed E-state index contributed by atoms with van der Waals surface area (Å²) >= 11 is 8.82. The molecule has 1 N–H and O–H groups in total. The Morgan fingerprint density at radius 2 is 2.00 bits per heavy atom. The van der Waals surface area contributed by atoms with E-state index in [2.05, 4.69) is 57.9 Å². The molecular weight excluding hydrogens is 395 g/mol. The lowest BCUT2D eigenvalue weighted by Crippen LogP contribution is -2.58. The van der Waals surface area contributed by atoms with Gasteiger partial charge in [0.25, 0.3) is 0 Å². The second-order valence-corrected chi connectivity index (χ2v) is 8.16. The molecule has 1 aliphatic carbocycles. The lowest BCUT2D eigenvalue weighted by Gasteiger charge is -2.44. The fourth-order valence-electron chi connectivity index (χ4n) is 3.79. The first-order valence-electron chi connectivity index (χ1n) is 8.10. The molecule has 0 aromatic heterocycles. The van der Waals surface area contributed by atoms with E-state index < -0.39 is 0 Å². The molecule has 1 heterocycles. The van der Waals surface area contributed by atoms with E-state index in [1.165, 1.54) is 41.4 Å². The Balaban J connectivity index is 1.76. The topological polar surface area (TPSA) is 15.3 Å². The molecule has 2 nitrogen and oxygen atoms in total. The molecule has 2 unspecified atom stereocenters. The van der Waals surface area contributed by atoms with Gasteiger partial charge in [0.05, 0.1) is 10.7 Å². The smallest absolute Gasteiger partial charge is 0.0650 e. The summed E-state index contributed by atoms with van der Waals surface area (Å²) in [4.78, 5) is 2.51. The zero-order valence-corrected chi connectivity index (χ0v) is 15.5. The van der Waals surface area contributed by atoms with Gasteiger partial charge >= 0.3 is 0 Å². The van der Waals surface area contributed by atoms with Crippen LogP contribution in [0.2, 0.25) is 5.02 Å². The monoisotopic (exact) mass is 418 g/mol. The summed E-state index contributed by atoms with van der Waals surface area (Å²) in [6, 6.07) is 7.54. The molecule has 1 saturated heterocycles. The van der Waals surface area contributed by atoms with Crippen LogP contribution in [0.4, 0.5) is 5.69 Å². The molecule has 1 saturated carbocycles. The van der Waals surface area contributed by atoms with Crippen LogP contribution in [0, 0.1) is 9.49 Å². The summed E-state index contributed by atoms with van der Waals surface area (Å²) in [7, 11) is 0. The first-order valence-corrected chi connectivity index (χ1v) is 9.56. The van der Waals surface area contributed by atoms with Crippen molar-refractivity contribution in [2.45, 2.75) is 51.1 Å². The highest BCUT2D eigenvalue weighted by atomic mass is 127. The van der Waals surface area contributed by atoms with Gasteiger partial charge < -0.3 is 10.2 Å². The number of piperazine rings is 1. The van der Waals surface area contributed by atoms with Crippen LogP contribution >= 0.6 is 34.2 Å². The van der Waals surface area contributed by atoms with Gasteiger partial charge in [-0.2, -0.15) is 0 Å². The van der Waals surface area contributed by atoms with Gasteiger partial charge in [-0.05, 0) is 66.5 Å². The Morgan fingerprint density at radius 1 is 1.24 bits per heavy atom. The molecule has 116 valence electrons. The minimum absolute atomic E-state index is 0.502. The number of hydrogen-bond acceptors (Lipinski definition) is 2. The summed E-state index contributed by atoms with van der Waals surface area (Å²) in [5.74, 6) is 0.844. The van der Waals surface area contributed by atoms with Crippen LogP contribution < -0.4 is 10.2 Å². The molecule has 0 amide bonds. The predicted octanol–water partition coefficient (Wildman–Crippen LogP) is 4.69. The zero-order chi connectivity index (χ0) is 14.8. The molecule has 3 rings (SSSR count). The highest BCUT2D eigenvalue weighted by molar-refractivity contribution is 14.1. The number of nitrogens with zero attached hydrogens (tertiary/aromatic N) is 1. The SMILES string of the molecule is CC1CNC(C2CCCCC2)CN1c1ccc(I)cc1Cl. The molecule has 2 aliphatic rings. The number of hydrogen-bond donors (Lipinski definition) is 1. The molecule has 1 aromatic rings. The first kappa shape index (κ1) is 15.9. The van der Waals surface area contributed by atoms with Crippen LogP contribution in [0.5, 0.6) is 0 Å². The highest BCUT2D eigenvalue weighted by Crippen LogP contribution is 2.33. The fourth-order valence-corrected chi connectivity index (χ4v) is 4.76. The van der Waals surface area contributed by atoms with Crippen molar-refractivity contribution in [2.24, 2.45) is 5.92 Å². The molecule has 1 aliphatic heterocycles. The van der Waals surface area contributed by atoms with Gasteiger partial charge in [-0.15, -0.1) is 0 Å². The van der Waals surface area contributed by atoms with Crippen molar-refractivity contribution in [3.8, 4) is 0 Å². The van der Waals surface area contributed by atoms with E-state index >= 15 is 0 Å². The second kappa shape index (κ2) is 7.05. The maximum atomic E-state index is 6.49. The van der Waals surface area contributed by atoms with Gasteiger partial charge in [0.1, 0.15) is 0 Å². The number of halogens is 2. The largest absolute Gasteiger partial charge is 0.365 e. The summed E-state index contributed by atoms with van der Waals surface area (Å²) in [6.07, 6.45) is 7.01. The average molecular weight is 419 g/mol. The Hall–Kier alpha value is -0.0000000000000000555. The maximum Gasteiger partial charge on any atom is 0.0650 e. The van der Waals surface area contributed by atoms with Gasteiger partial charge in [-0.3, -0.25) is 0 Å². The van der Waals surface area contributed by atoms with Gasteiger partial charge in [-0.25, -0.2) is 0 Å². The van der Waals surface area contributed by atoms with Crippen LogP contribution in [0.15, 0.2) is 18.2 Å². The number of nitrogens with one attached hydrogen (secondary N) is 1. The van der Waals surface area contributed by atoms with Gasteiger partial charge in [0.2, 0.25) is 0 Å². The Kier molecular flexibility index (Phi) is 5.33. The van der Waals surface area contributed by atoms with Crippen LogP contribution in [0.1, 0.15) is 39.0 Å². The Morgan fingerprint density at radius 3 is 2.71 bits per heavy atom. The second-order valence-electron chi connectivity index (χ2n) is 6.51. The lowest BCUT2D eigenvalue weighted by molar-refractivity contribution is 0.245. The average Bonchev–Trinajstić information content (AvgIpc) is 2.49.